The van der Waals surface area contributed by atoms with Gasteiger partial charge in [0.15, 0.2) is 0 Å². The number of aromatic nitrogens is 1. The highest BCUT2D eigenvalue weighted by molar-refractivity contribution is 6.01. The van der Waals surface area contributed by atoms with Crippen molar-refractivity contribution in [3.05, 3.63) is 30.0 Å². The molecule has 0 saturated heterocycles. The van der Waals surface area contributed by atoms with Crippen LogP contribution in [0, 0.1) is 6.92 Å². The van der Waals surface area contributed by atoms with E-state index in [2.05, 4.69) is 60.4 Å². The molecule has 108 valence electrons. The van der Waals surface area contributed by atoms with Gasteiger partial charge in [-0.3, -0.25) is 0 Å². The summed E-state index contributed by atoms with van der Waals surface area (Å²) in [5.41, 5.74) is 2.19. The van der Waals surface area contributed by atoms with Gasteiger partial charge in [-0.15, -0.1) is 0 Å². The zero-order valence-electron chi connectivity index (χ0n) is 13.1. The van der Waals surface area contributed by atoms with E-state index >= 15 is 0 Å². The number of likely N-dealkylation sites (N-methyl/N-ethyl adjacent to an activating group) is 1. The molecule has 0 bridgehead atoms. The Kier molecular flexibility index (Phi) is 4.45. The molecule has 0 atom stereocenters. The van der Waals surface area contributed by atoms with Crippen molar-refractivity contribution in [2.45, 2.75) is 6.92 Å². The molecule has 1 aromatic carbocycles. The monoisotopic (exact) mass is 272 g/mol. The quantitative estimate of drug-likeness (QED) is 0.906. The molecule has 0 radical (unpaired) electrons. The van der Waals surface area contributed by atoms with E-state index in [9.17, 15) is 0 Å². The van der Waals surface area contributed by atoms with Gasteiger partial charge in [-0.05, 0) is 21.0 Å². The first-order valence-electron chi connectivity index (χ1n) is 6.96. The number of pyridine rings is 1. The molecule has 1 N–H and O–H groups in total. The molecule has 2 aromatic rings. The van der Waals surface area contributed by atoms with Crippen LogP contribution in [0.1, 0.15) is 5.69 Å². The third-order valence-corrected chi connectivity index (χ3v) is 3.36. The van der Waals surface area contributed by atoms with Crippen molar-refractivity contribution < 1.29 is 0 Å². The molecule has 0 aliphatic carbocycles. The van der Waals surface area contributed by atoms with Crippen molar-refractivity contribution in [3.8, 4) is 0 Å². The average molecular weight is 272 g/mol. The minimum absolute atomic E-state index is 0.917. The molecule has 0 aliphatic rings. The third kappa shape index (κ3) is 3.02. The van der Waals surface area contributed by atoms with E-state index in [1.807, 2.05) is 14.1 Å². The van der Waals surface area contributed by atoms with E-state index in [0.29, 0.717) is 0 Å². The number of nitrogens with zero attached hydrogens (tertiary/aromatic N) is 3. The molecule has 20 heavy (non-hydrogen) atoms. The second-order valence-corrected chi connectivity index (χ2v) is 5.57. The van der Waals surface area contributed by atoms with Gasteiger partial charge in [0.2, 0.25) is 0 Å². The molecule has 1 aromatic heterocycles. The number of fused-ring (bicyclic) bond motifs is 1. The van der Waals surface area contributed by atoms with Crippen molar-refractivity contribution >= 4 is 22.3 Å². The molecule has 0 fully saturated rings. The number of rotatable bonds is 5. The molecule has 0 spiro atoms. The summed E-state index contributed by atoms with van der Waals surface area (Å²) >= 11 is 0. The minimum atomic E-state index is 0.917. The van der Waals surface area contributed by atoms with E-state index in [-0.39, 0.29) is 0 Å². The third-order valence-electron chi connectivity index (χ3n) is 3.36. The smallest absolute Gasteiger partial charge is 0.136 e. The Morgan fingerprint density at radius 2 is 1.70 bits per heavy atom. The van der Waals surface area contributed by atoms with Crippen molar-refractivity contribution in [2.75, 3.05) is 51.5 Å². The first-order chi connectivity index (χ1) is 9.50. The van der Waals surface area contributed by atoms with Crippen LogP contribution in [0.2, 0.25) is 0 Å². The lowest BCUT2D eigenvalue weighted by atomic mass is 10.1. The maximum absolute atomic E-state index is 4.75. The number of hydrogen-bond donors (Lipinski definition) is 1. The van der Waals surface area contributed by atoms with Crippen molar-refractivity contribution in [3.63, 3.8) is 0 Å². The standard InChI is InChI=1S/C16H24N4/c1-12-15(17-10-11-19(2)3)13-8-6-7-9-14(13)16(18-12)20(4)5/h6-9,17H,10-11H2,1-5H3. The fourth-order valence-corrected chi connectivity index (χ4v) is 2.33. The fourth-order valence-electron chi connectivity index (χ4n) is 2.33. The van der Waals surface area contributed by atoms with Crippen LogP contribution < -0.4 is 10.2 Å². The Balaban J connectivity index is 2.44. The van der Waals surface area contributed by atoms with Crippen LogP contribution in [0.5, 0.6) is 0 Å². The highest BCUT2D eigenvalue weighted by Gasteiger charge is 2.11. The fraction of sp³-hybridized carbons (Fsp3) is 0.438. The van der Waals surface area contributed by atoms with Crippen LogP contribution in [0.3, 0.4) is 0 Å². The second-order valence-electron chi connectivity index (χ2n) is 5.57. The molecule has 0 unspecified atom stereocenters. The first kappa shape index (κ1) is 14.6. The summed E-state index contributed by atoms with van der Waals surface area (Å²) in [5, 5.41) is 5.96. The summed E-state index contributed by atoms with van der Waals surface area (Å²) in [4.78, 5) is 8.99. The van der Waals surface area contributed by atoms with E-state index in [4.69, 9.17) is 4.98 Å². The van der Waals surface area contributed by atoms with Gasteiger partial charge >= 0.3 is 0 Å². The van der Waals surface area contributed by atoms with Gasteiger partial charge in [-0.2, -0.15) is 0 Å². The van der Waals surface area contributed by atoms with Gasteiger partial charge in [0, 0.05) is 38.0 Å². The average Bonchev–Trinajstić information content (AvgIpc) is 2.40. The molecule has 4 nitrogen and oxygen atoms in total. The highest BCUT2D eigenvalue weighted by Crippen LogP contribution is 2.31. The molecule has 0 aliphatic heterocycles. The predicted molar refractivity (Wildman–Crippen MR) is 87.9 cm³/mol. The van der Waals surface area contributed by atoms with E-state index in [0.717, 1.165) is 30.3 Å². The van der Waals surface area contributed by atoms with E-state index in [1.165, 1.54) is 10.8 Å². The Bertz CT molecular complexity index is 590. The number of aryl methyl sites for hydroxylation is 1. The van der Waals surface area contributed by atoms with Crippen LogP contribution in [0.4, 0.5) is 11.5 Å². The first-order valence-corrected chi connectivity index (χ1v) is 6.96. The maximum atomic E-state index is 4.75. The normalized spacial score (nSPS) is 11.1. The zero-order chi connectivity index (χ0) is 14.7. The van der Waals surface area contributed by atoms with Gasteiger partial charge in [0.25, 0.3) is 0 Å². The summed E-state index contributed by atoms with van der Waals surface area (Å²) in [5.74, 6) is 1.02. The van der Waals surface area contributed by atoms with E-state index in [1.54, 1.807) is 0 Å². The summed E-state index contributed by atoms with van der Waals surface area (Å²) in [6.07, 6.45) is 0. The summed E-state index contributed by atoms with van der Waals surface area (Å²) in [7, 11) is 8.24. The predicted octanol–water partition coefficient (Wildman–Crippen LogP) is 2.58. The summed E-state index contributed by atoms with van der Waals surface area (Å²) < 4.78 is 0. The molecule has 0 amide bonds. The largest absolute Gasteiger partial charge is 0.382 e. The van der Waals surface area contributed by atoms with Gasteiger partial charge < -0.3 is 15.1 Å². The Morgan fingerprint density at radius 3 is 2.30 bits per heavy atom. The van der Waals surface area contributed by atoms with Gasteiger partial charge in [-0.25, -0.2) is 4.98 Å². The molecule has 0 saturated carbocycles. The lowest BCUT2D eigenvalue weighted by Gasteiger charge is -2.20. The second kappa shape index (κ2) is 6.09. The number of anilines is 2. The lowest BCUT2D eigenvalue weighted by molar-refractivity contribution is 0.425. The summed E-state index contributed by atoms with van der Waals surface area (Å²) in [6.45, 7) is 3.99. The molecule has 2 rings (SSSR count). The SMILES string of the molecule is Cc1nc(N(C)C)c2ccccc2c1NCCN(C)C. The zero-order valence-corrected chi connectivity index (χ0v) is 13.1. The molecule has 1 heterocycles. The van der Waals surface area contributed by atoms with Crippen LogP contribution in [0.25, 0.3) is 10.8 Å². The number of hydrogen-bond acceptors (Lipinski definition) is 4. The summed E-state index contributed by atoms with van der Waals surface area (Å²) in [6, 6.07) is 8.44. The Labute approximate surface area is 121 Å². The minimum Gasteiger partial charge on any atom is -0.382 e. The maximum Gasteiger partial charge on any atom is 0.136 e. The van der Waals surface area contributed by atoms with Gasteiger partial charge in [0.1, 0.15) is 5.82 Å². The number of benzene rings is 1. The Hall–Kier alpha value is -1.81. The van der Waals surface area contributed by atoms with Crippen LogP contribution in [0.15, 0.2) is 24.3 Å². The van der Waals surface area contributed by atoms with Crippen LogP contribution in [-0.4, -0.2) is 51.2 Å². The Morgan fingerprint density at radius 1 is 1.05 bits per heavy atom. The van der Waals surface area contributed by atoms with E-state index < -0.39 is 0 Å². The number of nitrogens with one attached hydrogen (secondary N) is 1. The molecule has 4 heteroatoms. The topological polar surface area (TPSA) is 31.4 Å². The van der Waals surface area contributed by atoms with Crippen LogP contribution in [-0.2, 0) is 0 Å². The molecular formula is C16H24N4. The lowest BCUT2D eigenvalue weighted by Crippen LogP contribution is -2.21. The molecular weight excluding hydrogens is 248 g/mol. The van der Waals surface area contributed by atoms with Crippen molar-refractivity contribution in [2.24, 2.45) is 0 Å². The van der Waals surface area contributed by atoms with Gasteiger partial charge in [0.05, 0.1) is 11.4 Å². The highest BCUT2D eigenvalue weighted by atomic mass is 15.1. The van der Waals surface area contributed by atoms with Crippen LogP contribution >= 0.6 is 0 Å². The van der Waals surface area contributed by atoms with Gasteiger partial charge in [-0.1, -0.05) is 24.3 Å². The van der Waals surface area contributed by atoms with Crippen molar-refractivity contribution in [1.29, 1.82) is 0 Å². The van der Waals surface area contributed by atoms with Crippen molar-refractivity contribution in [1.82, 2.24) is 9.88 Å².